The summed E-state index contributed by atoms with van der Waals surface area (Å²) in [6.07, 6.45) is 9.25. The van der Waals surface area contributed by atoms with Crippen molar-refractivity contribution in [1.29, 1.82) is 0 Å². The molecule has 5 nitrogen and oxygen atoms in total. The maximum absolute atomic E-state index is 8.85. The van der Waals surface area contributed by atoms with Gasteiger partial charge < -0.3 is 5.11 Å². The fraction of sp³-hybridized carbons (Fsp3) is 0.917. The SMILES string of the molecule is CCCCCCCCCSc1nnnn1CCO. The Morgan fingerprint density at radius 1 is 1.11 bits per heavy atom. The lowest BCUT2D eigenvalue weighted by atomic mass is 10.1. The third-order valence-corrected chi connectivity index (χ3v) is 3.83. The predicted molar refractivity (Wildman–Crippen MR) is 73.6 cm³/mol. The number of aromatic nitrogens is 4. The Labute approximate surface area is 113 Å². The smallest absolute Gasteiger partial charge is 0.209 e. The molecule has 0 bridgehead atoms. The van der Waals surface area contributed by atoms with Crippen molar-refractivity contribution in [2.75, 3.05) is 12.4 Å². The summed E-state index contributed by atoms with van der Waals surface area (Å²) in [4.78, 5) is 0. The van der Waals surface area contributed by atoms with Crippen LogP contribution < -0.4 is 0 Å². The van der Waals surface area contributed by atoms with Crippen LogP contribution in [0.5, 0.6) is 0 Å². The molecule has 0 radical (unpaired) electrons. The van der Waals surface area contributed by atoms with Crippen LogP contribution in [-0.2, 0) is 6.54 Å². The lowest BCUT2D eigenvalue weighted by Crippen LogP contribution is -2.05. The highest BCUT2D eigenvalue weighted by Crippen LogP contribution is 2.16. The molecule has 0 aliphatic rings. The molecule has 0 amide bonds. The molecule has 0 aliphatic carbocycles. The molecule has 1 N–H and O–H groups in total. The maximum Gasteiger partial charge on any atom is 0.209 e. The molecule has 0 spiro atoms. The molecule has 1 heterocycles. The first-order valence-electron chi connectivity index (χ1n) is 6.88. The molecule has 0 atom stereocenters. The van der Waals surface area contributed by atoms with Gasteiger partial charge in [0.1, 0.15) is 0 Å². The van der Waals surface area contributed by atoms with E-state index in [-0.39, 0.29) is 6.61 Å². The molecule has 0 unspecified atom stereocenters. The van der Waals surface area contributed by atoms with Crippen molar-refractivity contribution >= 4 is 11.8 Å². The molecule has 104 valence electrons. The quantitative estimate of drug-likeness (QED) is 0.495. The van der Waals surface area contributed by atoms with Crippen molar-refractivity contribution in [2.24, 2.45) is 0 Å². The Morgan fingerprint density at radius 3 is 2.56 bits per heavy atom. The Morgan fingerprint density at radius 2 is 1.83 bits per heavy atom. The Bertz CT molecular complexity index is 306. The molecule has 0 saturated heterocycles. The highest BCUT2D eigenvalue weighted by atomic mass is 32.2. The highest BCUT2D eigenvalue weighted by Gasteiger charge is 2.05. The molecule has 0 aromatic carbocycles. The number of aliphatic hydroxyl groups excluding tert-OH is 1. The molecule has 1 aromatic heterocycles. The minimum absolute atomic E-state index is 0.0794. The van der Waals surface area contributed by atoms with Gasteiger partial charge in [-0.3, -0.25) is 0 Å². The molecule has 0 aliphatic heterocycles. The Balaban J connectivity index is 2.01. The summed E-state index contributed by atoms with van der Waals surface area (Å²) in [5, 5.41) is 21.1. The van der Waals surface area contributed by atoms with Gasteiger partial charge in [-0.05, 0) is 16.8 Å². The van der Waals surface area contributed by atoms with Crippen LogP contribution in [0.2, 0.25) is 0 Å². The lowest BCUT2D eigenvalue weighted by Gasteiger charge is -2.02. The number of tetrazole rings is 1. The lowest BCUT2D eigenvalue weighted by molar-refractivity contribution is 0.262. The van der Waals surface area contributed by atoms with Gasteiger partial charge in [-0.25, -0.2) is 4.68 Å². The van der Waals surface area contributed by atoms with Gasteiger partial charge in [-0.15, -0.1) is 5.10 Å². The molecule has 6 heteroatoms. The van der Waals surface area contributed by atoms with Gasteiger partial charge >= 0.3 is 0 Å². The standard InChI is InChI=1S/C12H24N4OS/c1-2-3-4-5-6-7-8-11-18-12-13-14-15-16(12)9-10-17/h17H,2-11H2,1H3. The third-order valence-electron chi connectivity index (χ3n) is 2.79. The van der Waals surface area contributed by atoms with Gasteiger partial charge in [0, 0.05) is 5.75 Å². The van der Waals surface area contributed by atoms with Crippen molar-refractivity contribution < 1.29 is 5.11 Å². The first kappa shape index (κ1) is 15.4. The van der Waals surface area contributed by atoms with E-state index < -0.39 is 0 Å². The molecular formula is C12H24N4OS. The molecule has 1 aromatic rings. The van der Waals surface area contributed by atoms with Crippen LogP contribution in [0.25, 0.3) is 0 Å². The molecule has 0 fully saturated rings. The topological polar surface area (TPSA) is 63.8 Å². The first-order valence-corrected chi connectivity index (χ1v) is 7.87. The van der Waals surface area contributed by atoms with Gasteiger partial charge in [0.25, 0.3) is 0 Å². The summed E-state index contributed by atoms with van der Waals surface area (Å²) in [6, 6.07) is 0. The van der Waals surface area contributed by atoms with Crippen LogP contribution in [0.3, 0.4) is 0 Å². The van der Waals surface area contributed by atoms with E-state index in [4.69, 9.17) is 5.11 Å². The van der Waals surface area contributed by atoms with Gasteiger partial charge in [-0.2, -0.15) is 0 Å². The summed E-state index contributed by atoms with van der Waals surface area (Å²) in [5.74, 6) is 1.06. The zero-order valence-corrected chi connectivity index (χ0v) is 12.0. The number of unbranched alkanes of at least 4 members (excludes halogenated alkanes) is 6. The van der Waals surface area contributed by atoms with Crippen molar-refractivity contribution in [3.63, 3.8) is 0 Å². The van der Waals surface area contributed by atoms with Crippen LogP contribution in [0.4, 0.5) is 0 Å². The predicted octanol–water partition coefficient (Wildman–Crippen LogP) is 2.51. The minimum atomic E-state index is 0.0794. The van der Waals surface area contributed by atoms with E-state index in [1.807, 2.05) is 0 Å². The third kappa shape index (κ3) is 6.35. The van der Waals surface area contributed by atoms with Crippen molar-refractivity contribution in [1.82, 2.24) is 20.2 Å². The Hall–Kier alpha value is -0.620. The average molecular weight is 272 g/mol. The highest BCUT2D eigenvalue weighted by molar-refractivity contribution is 7.99. The number of rotatable bonds is 11. The van der Waals surface area contributed by atoms with Crippen molar-refractivity contribution in [3.05, 3.63) is 0 Å². The molecular weight excluding hydrogens is 248 g/mol. The normalized spacial score (nSPS) is 11.0. The molecule has 18 heavy (non-hydrogen) atoms. The van der Waals surface area contributed by atoms with E-state index in [9.17, 15) is 0 Å². The van der Waals surface area contributed by atoms with E-state index >= 15 is 0 Å². The number of hydrogen-bond acceptors (Lipinski definition) is 5. The second kappa shape index (κ2) is 10.3. The van der Waals surface area contributed by atoms with E-state index in [0.29, 0.717) is 6.54 Å². The van der Waals surface area contributed by atoms with E-state index in [2.05, 4.69) is 22.4 Å². The number of aliphatic hydroxyl groups is 1. The zero-order chi connectivity index (χ0) is 13.1. The number of hydrogen-bond donors (Lipinski definition) is 1. The van der Waals surface area contributed by atoms with Crippen LogP contribution in [-0.4, -0.2) is 37.7 Å². The molecule has 0 saturated carbocycles. The summed E-state index contributed by atoms with van der Waals surface area (Å²) < 4.78 is 1.66. The van der Waals surface area contributed by atoms with Gasteiger partial charge in [0.05, 0.1) is 13.2 Å². The average Bonchev–Trinajstić information content (AvgIpc) is 2.81. The van der Waals surface area contributed by atoms with Gasteiger partial charge in [0.15, 0.2) is 0 Å². The van der Waals surface area contributed by atoms with Crippen molar-refractivity contribution in [3.8, 4) is 0 Å². The van der Waals surface area contributed by atoms with Crippen LogP contribution >= 0.6 is 11.8 Å². The van der Waals surface area contributed by atoms with E-state index in [1.54, 1.807) is 16.4 Å². The monoisotopic (exact) mass is 272 g/mol. The van der Waals surface area contributed by atoms with Gasteiger partial charge in [-0.1, -0.05) is 57.2 Å². The first-order chi connectivity index (χ1) is 8.88. The second-order valence-corrected chi connectivity index (χ2v) is 5.44. The number of thioether (sulfide) groups is 1. The zero-order valence-electron chi connectivity index (χ0n) is 11.2. The minimum Gasteiger partial charge on any atom is -0.394 e. The van der Waals surface area contributed by atoms with E-state index in [0.717, 1.165) is 10.9 Å². The summed E-state index contributed by atoms with van der Waals surface area (Å²) in [6.45, 7) is 2.80. The van der Waals surface area contributed by atoms with Gasteiger partial charge in [0.2, 0.25) is 5.16 Å². The van der Waals surface area contributed by atoms with Crippen LogP contribution in [0, 0.1) is 0 Å². The fourth-order valence-corrected chi connectivity index (χ4v) is 2.66. The number of nitrogens with zero attached hydrogens (tertiary/aromatic N) is 4. The molecule has 1 rings (SSSR count). The van der Waals surface area contributed by atoms with Crippen LogP contribution in [0.15, 0.2) is 5.16 Å². The largest absolute Gasteiger partial charge is 0.394 e. The van der Waals surface area contributed by atoms with Crippen LogP contribution in [0.1, 0.15) is 51.9 Å². The Kier molecular flexibility index (Phi) is 8.85. The second-order valence-electron chi connectivity index (χ2n) is 4.38. The fourth-order valence-electron chi connectivity index (χ4n) is 1.76. The van der Waals surface area contributed by atoms with Crippen molar-refractivity contribution in [2.45, 2.75) is 63.6 Å². The maximum atomic E-state index is 8.85. The summed E-state index contributed by atoms with van der Waals surface area (Å²) >= 11 is 1.68. The summed E-state index contributed by atoms with van der Waals surface area (Å²) in [5.41, 5.74) is 0. The van der Waals surface area contributed by atoms with E-state index in [1.165, 1.54) is 44.9 Å². The summed E-state index contributed by atoms with van der Waals surface area (Å²) in [7, 11) is 0.